The van der Waals surface area contributed by atoms with Crippen LogP contribution in [0.4, 0.5) is 5.69 Å². The minimum Gasteiger partial charge on any atom is -0.382 e. The van der Waals surface area contributed by atoms with Crippen LogP contribution >= 0.6 is 0 Å². The molecular weight excluding hydrogens is 212 g/mol. The predicted molar refractivity (Wildman–Crippen MR) is 67.4 cm³/mol. The van der Waals surface area contributed by atoms with Crippen molar-refractivity contribution in [1.29, 1.82) is 5.26 Å². The van der Waals surface area contributed by atoms with Gasteiger partial charge in [-0.3, -0.25) is 0 Å². The van der Waals surface area contributed by atoms with Gasteiger partial charge in [0.25, 0.3) is 0 Å². The predicted octanol–water partition coefficient (Wildman–Crippen LogP) is 2.03. The first-order chi connectivity index (χ1) is 8.22. The molecule has 1 aromatic heterocycles. The van der Waals surface area contributed by atoms with Gasteiger partial charge in [0.15, 0.2) is 0 Å². The standard InChI is InChI=1S/C13H18N4/c14-8-11-4-5-12(9-16-11)17-10-13(15)6-2-1-3-7-13/h4-5,9,17H,1-3,6-7,10,15H2. The molecule has 0 saturated heterocycles. The van der Waals surface area contributed by atoms with Crippen molar-refractivity contribution in [2.75, 3.05) is 11.9 Å². The SMILES string of the molecule is N#Cc1ccc(NCC2(N)CCCCC2)cn1. The number of hydrogen-bond acceptors (Lipinski definition) is 4. The molecule has 1 aliphatic rings. The average Bonchev–Trinajstić information content (AvgIpc) is 2.38. The van der Waals surface area contributed by atoms with Gasteiger partial charge < -0.3 is 11.1 Å². The van der Waals surface area contributed by atoms with E-state index in [-0.39, 0.29) is 5.54 Å². The van der Waals surface area contributed by atoms with Crippen molar-refractivity contribution in [2.24, 2.45) is 5.73 Å². The number of nitriles is 1. The van der Waals surface area contributed by atoms with E-state index in [2.05, 4.69) is 10.3 Å². The molecule has 0 radical (unpaired) electrons. The highest BCUT2D eigenvalue weighted by Gasteiger charge is 2.26. The molecule has 0 bridgehead atoms. The summed E-state index contributed by atoms with van der Waals surface area (Å²) in [6.45, 7) is 0.778. The van der Waals surface area contributed by atoms with Crippen LogP contribution in [0.5, 0.6) is 0 Å². The van der Waals surface area contributed by atoms with Crippen LogP contribution in [-0.4, -0.2) is 17.1 Å². The minimum atomic E-state index is -0.0772. The Labute approximate surface area is 102 Å². The van der Waals surface area contributed by atoms with E-state index in [1.165, 1.54) is 19.3 Å². The Kier molecular flexibility index (Phi) is 3.60. The second-order valence-corrected chi connectivity index (χ2v) is 4.82. The van der Waals surface area contributed by atoms with E-state index in [0.717, 1.165) is 25.1 Å². The summed E-state index contributed by atoms with van der Waals surface area (Å²) in [5, 5.41) is 12.0. The van der Waals surface area contributed by atoms with Crippen molar-refractivity contribution in [3.05, 3.63) is 24.0 Å². The molecule has 3 N–H and O–H groups in total. The van der Waals surface area contributed by atoms with E-state index < -0.39 is 0 Å². The summed E-state index contributed by atoms with van der Waals surface area (Å²) >= 11 is 0. The fourth-order valence-electron chi connectivity index (χ4n) is 2.28. The van der Waals surface area contributed by atoms with Crippen LogP contribution in [0.1, 0.15) is 37.8 Å². The lowest BCUT2D eigenvalue weighted by Gasteiger charge is -2.33. The summed E-state index contributed by atoms with van der Waals surface area (Å²) in [5.41, 5.74) is 7.62. The Morgan fingerprint density at radius 2 is 2.12 bits per heavy atom. The van der Waals surface area contributed by atoms with Crippen LogP contribution in [0.15, 0.2) is 18.3 Å². The third-order valence-corrected chi connectivity index (χ3v) is 3.37. The molecule has 0 aliphatic heterocycles. The Morgan fingerprint density at radius 1 is 1.35 bits per heavy atom. The maximum Gasteiger partial charge on any atom is 0.140 e. The Balaban J connectivity index is 1.90. The van der Waals surface area contributed by atoms with Gasteiger partial charge in [-0.1, -0.05) is 19.3 Å². The molecule has 1 aliphatic carbocycles. The van der Waals surface area contributed by atoms with E-state index in [1.54, 1.807) is 12.3 Å². The largest absolute Gasteiger partial charge is 0.382 e. The van der Waals surface area contributed by atoms with Crippen molar-refractivity contribution in [2.45, 2.75) is 37.6 Å². The number of hydrogen-bond donors (Lipinski definition) is 2. The first-order valence-electron chi connectivity index (χ1n) is 6.11. The second kappa shape index (κ2) is 5.15. The lowest BCUT2D eigenvalue weighted by Crippen LogP contribution is -2.47. The molecule has 1 fully saturated rings. The molecule has 4 nitrogen and oxygen atoms in total. The summed E-state index contributed by atoms with van der Waals surface area (Å²) < 4.78 is 0. The quantitative estimate of drug-likeness (QED) is 0.833. The normalized spacial score (nSPS) is 18.4. The van der Waals surface area contributed by atoms with E-state index in [1.807, 2.05) is 12.1 Å². The molecule has 1 aromatic rings. The van der Waals surface area contributed by atoms with Crippen molar-refractivity contribution in [3.8, 4) is 6.07 Å². The van der Waals surface area contributed by atoms with Crippen LogP contribution in [0, 0.1) is 11.3 Å². The van der Waals surface area contributed by atoms with Gasteiger partial charge in [0, 0.05) is 12.1 Å². The molecular formula is C13H18N4. The summed E-state index contributed by atoms with van der Waals surface area (Å²) in [5.74, 6) is 0. The van der Waals surface area contributed by atoms with Crippen LogP contribution in [0.25, 0.3) is 0 Å². The molecule has 0 unspecified atom stereocenters. The first kappa shape index (κ1) is 11.9. The van der Waals surface area contributed by atoms with Crippen molar-refractivity contribution in [1.82, 2.24) is 4.98 Å². The summed E-state index contributed by atoms with van der Waals surface area (Å²) in [4.78, 5) is 4.02. The van der Waals surface area contributed by atoms with E-state index >= 15 is 0 Å². The molecule has 1 heterocycles. The molecule has 17 heavy (non-hydrogen) atoms. The minimum absolute atomic E-state index is 0.0772. The highest BCUT2D eigenvalue weighted by molar-refractivity contribution is 5.43. The molecule has 0 spiro atoms. The maximum atomic E-state index is 8.65. The zero-order valence-electron chi connectivity index (χ0n) is 9.95. The van der Waals surface area contributed by atoms with Gasteiger partial charge >= 0.3 is 0 Å². The average molecular weight is 230 g/mol. The zero-order chi connectivity index (χ0) is 12.1. The molecule has 1 saturated carbocycles. The van der Waals surface area contributed by atoms with Gasteiger partial charge in [0.05, 0.1) is 11.9 Å². The number of rotatable bonds is 3. The van der Waals surface area contributed by atoms with Gasteiger partial charge in [-0.25, -0.2) is 4.98 Å². The summed E-state index contributed by atoms with van der Waals surface area (Å²) in [6, 6.07) is 5.59. The van der Waals surface area contributed by atoms with Crippen molar-refractivity contribution < 1.29 is 0 Å². The van der Waals surface area contributed by atoms with E-state index in [4.69, 9.17) is 11.0 Å². The topological polar surface area (TPSA) is 74.7 Å². The monoisotopic (exact) mass is 230 g/mol. The third kappa shape index (κ3) is 3.18. The molecule has 0 aromatic carbocycles. The summed E-state index contributed by atoms with van der Waals surface area (Å²) in [6.07, 6.45) is 7.61. The fourth-order valence-corrected chi connectivity index (χ4v) is 2.28. The van der Waals surface area contributed by atoms with Crippen LogP contribution in [0.3, 0.4) is 0 Å². The highest BCUT2D eigenvalue weighted by atomic mass is 14.9. The highest BCUT2D eigenvalue weighted by Crippen LogP contribution is 2.26. The Morgan fingerprint density at radius 3 is 2.71 bits per heavy atom. The number of pyridine rings is 1. The number of nitrogens with one attached hydrogen (secondary N) is 1. The molecule has 0 atom stereocenters. The number of aromatic nitrogens is 1. The fraction of sp³-hybridized carbons (Fsp3) is 0.538. The van der Waals surface area contributed by atoms with E-state index in [0.29, 0.717) is 5.69 Å². The van der Waals surface area contributed by atoms with Gasteiger partial charge in [0.1, 0.15) is 11.8 Å². The molecule has 2 rings (SSSR count). The molecule has 90 valence electrons. The number of anilines is 1. The lowest BCUT2D eigenvalue weighted by atomic mass is 9.82. The molecule has 4 heteroatoms. The third-order valence-electron chi connectivity index (χ3n) is 3.37. The van der Waals surface area contributed by atoms with Crippen molar-refractivity contribution >= 4 is 5.69 Å². The smallest absolute Gasteiger partial charge is 0.140 e. The zero-order valence-corrected chi connectivity index (χ0v) is 9.95. The summed E-state index contributed by atoms with van der Waals surface area (Å²) in [7, 11) is 0. The van der Waals surface area contributed by atoms with Crippen LogP contribution in [0.2, 0.25) is 0 Å². The first-order valence-corrected chi connectivity index (χ1v) is 6.11. The van der Waals surface area contributed by atoms with Gasteiger partial charge in [-0.05, 0) is 25.0 Å². The number of nitrogens with two attached hydrogens (primary N) is 1. The van der Waals surface area contributed by atoms with Gasteiger partial charge in [0.2, 0.25) is 0 Å². The Hall–Kier alpha value is -1.60. The Bertz CT molecular complexity index is 398. The van der Waals surface area contributed by atoms with Gasteiger partial charge in [-0.2, -0.15) is 5.26 Å². The maximum absolute atomic E-state index is 8.65. The van der Waals surface area contributed by atoms with Crippen LogP contribution < -0.4 is 11.1 Å². The van der Waals surface area contributed by atoms with E-state index in [9.17, 15) is 0 Å². The second-order valence-electron chi connectivity index (χ2n) is 4.82. The van der Waals surface area contributed by atoms with Crippen LogP contribution in [-0.2, 0) is 0 Å². The van der Waals surface area contributed by atoms with Gasteiger partial charge in [-0.15, -0.1) is 0 Å². The molecule has 0 amide bonds. The number of nitrogens with zero attached hydrogens (tertiary/aromatic N) is 2. The van der Waals surface area contributed by atoms with Crippen molar-refractivity contribution in [3.63, 3.8) is 0 Å². The lowest BCUT2D eigenvalue weighted by molar-refractivity contribution is 0.311.